The molecule has 2 rings (SSSR count). The van der Waals surface area contributed by atoms with E-state index in [0.717, 1.165) is 11.1 Å². The zero-order valence-electron chi connectivity index (χ0n) is 13.0. The van der Waals surface area contributed by atoms with Gasteiger partial charge in [-0.25, -0.2) is 0 Å². The summed E-state index contributed by atoms with van der Waals surface area (Å²) in [6, 6.07) is 7.01. The fourth-order valence-corrected chi connectivity index (χ4v) is 2.64. The molecule has 1 heterocycles. The molecule has 5 nitrogen and oxygen atoms in total. The molecule has 0 spiro atoms. The highest BCUT2D eigenvalue weighted by molar-refractivity contribution is 6.07. The molecule has 2 aromatic rings. The fraction of sp³-hybridized carbons (Fsp3) is 0.294. The first-order valence-electron chi connectivity index (χ1n) is 7.21. The van der Waals surface area contributed by atoms with E-state index in [0.29, 0.717) is 29.1 Å². The average molecular weight is 300 g/mol. The van der Waals surface area contributed by atoms with Gasteiger partial charge in [-0.3, -0.25) is 9.59 Å². The number of nitrogens with one attached hydrogen (secondary N) is 2. The molecule has 0 atom stereocenters. The summed E-state index contributed by atoms with van der Waals surface area (Å²) in [5, 5.41) is 11.9. The molecule has 0 fully saturated rings. The van der Waals surface area contributed by atoms with Gasteiger partial charge in [0.05, 0.1) is 6.61 Å². The Kier molecular flexibility index (Phi) is 4.78. The van der Waals surface area contributed by atoms with Crippen molar-refractivity contribution in [2.75, 3.05) is 5.32 Å². The van der Waals surface area contributed by atoms with Crippen LogP contribution < -0.4 is 5.32 Å². The second-order valence-corrected chi connectivity index (χ2v) is 5.20. The lowest BCUT2D eigenvalue weighted by Crippen LogP contribution is -2.15. The molecule has 0 saturated heterocycles. The number of rotatable bonds is 5. The van der Waals surface area contributed by atoms with Crippen LogP contribution in [0.15, 0.2) is 24.3 Å². The number of anilines is 1. The van der Waals surface area contributed by atoms with E-state index in [4.69, 9.17) is 5.11 Å². The van der Waals surface area contributed by atoms with Crippen molar-refractivity contribution in [2.45, 2.75) is 33.8 Å². The Morgan fingerprint density at radius 3 is 2.64 bits per heavy atom. The van der Waals surface area contributed by atoms with Crippen LogP contribution in [0.25, 0.3) is 0 Å². The molecule has 1 aromatic heterocycles. The topological polar surface area (TPSA) is 82.2 Å². The van der Waals surface area contributed by atoms with E-state index in [1.54, 1.807) is 31.2 Å². The minimum Gasteiger partial charge on any atom is -0.392 e. The zero-order chi connectivity index (χ0) is 16.3. The Morgan fingerprint density at radius 2 is 2.05 bits per heavy atom. The van der Waals surface area contributed by atoms with Crippen molar-refractivity contribution in [2.24, 2.45) is 0 Å². The minimum atomic E-state index is -0.289. The normalized spacial score (nSPS) is 10.5. The van der Waals surface area contributed by atoms with Gasteiger partial charge in [0, 0.05) is 16.9 Å². The van der Waals surface area contributed by atoms with Gasteiger partial charge in [-0.05, 0) is 43.5 Å². The predicted molar refractivity (Wildman–Crippen MR) is 85.2 cm³/mol. The Balaban J connectivity index is 2.33. The summed E-state index contributed by atoms with van der Waals surface area (Å²) in [7, 11) is 0. The lowest BCUT2D eigenvalue weighted by atomic mass is 10.0. The zero-order valence-corrected chi connectivity index (χ0v) is 13.0. The van der Waals surface area contributed by atoms with Crippen LogP contribution in [0.5, 0.6) is 0 Å². The number of aliphatic hydroxyl groups is 1. The van der Waals surface area contributed by atoms with Gasteiger partial charge in [0.15, 0.2) is 5.78 Å². The Labute approximate surface area is 129 Å². The van der Waals surface area contributed by atoms with Gasteiger partial charge >= 0.3 is 0 Å². The molecule has 0 saturated carbocycles. The summed E-state index contributed by atoms with van der Waals surface area (Å²) in [5.41, 5.74) is 3.78. The van der Waals surface area contributed by atoms with Crippen LogP contribution in [0.4, 0.5) is 5.69 Å². The summed E-state index contributed by atoms with van der Waals surface area (Å²) >= 11 is 0. The van der Waals surface area contributed by atoms with Crippen molar-refractivity contribution in [3.05, 3.63) is 52.3 Å². The largest absolute Gasteiger partial charge is 0.392 e. The Morgan fingerprint density at radius 1 is 1.32 bits per heavy atom. The number of benzene rings is 1. The number of carbonyl (C=O) groups is 2. The van der Waals surface area contributed by atoms with Crippen LogP contribution in [0.1, 0.15) is 51.5 Å². The number of amides is 1. The lowest BCUT2D eigenvalue weighted by Gasteiger charge is -2.07. The number of H-pyrrole nitrogens is 1. The first kappa shape index (κ1) is 16.0. The van der Waals surface area contributed by atoms with Gasteiger partial charge in [-0.2, -0.15) is 0 Å². The summed E-state index contributed by atoms with van der Waals surface area (Å²) < 4.78 is 0. The first-order chi connectivity index (χ1) is 10.5. The number of hydrogen-bond donors (Lipinski definition) is 3. The quantitative estimate of drug-likeness (QED) is 0.743. The molecular formula is C17H20N2O3. The summed E-state index contributed by atoms with van der Waals surface area (Å²) in [6.45, 7) is 5.12. The predicted octanol–water partition coefficient (Wildman–Crippen LogP) is 2.83. The van der Waals surface area contributed by atoms with Crippen molar-refractivity contribution < 1.29 is 14.7 Å². The van der Waals surface area contributed by atoms with Crippen LogP contribution in [0.3, 0.4) is 0 Å². The van der Waals surface area contributed by atoms with E-state index in [9.17, 15) is 9.59 Å². The summed E-state index contributed by atoms with van der Waals surface area (Å²) in [4.78, 5) is 27.2. The number of carbonyl (C=O) groups excluding carboxylic acids is 2. The van der Waals surface area contributed by atoms with E-state index < -0.39 is 0 Å². The van der Waals surface area contributed by atoms with Crippen LogP contribution in [-0.2, 0) is 13.0 Å². The molecule has 0 unspecified atom stereocenters. The van der Waals surface area contributed by atoms with E-state index in [2.05, 4.69) is 10.3 Å². The molecule has 0 aliphatic carbocycles. The third-order valence-corrected chi connectivity index (χ3v) is 3.59. The second-order valence-electron chi connectivity index (χ2n) is 5.20. The van der Waals surface area contributed by atoms with Crippen molar-refractivity contribution in [1.82, 2.24) is 4.98 Å². The van der Waals surface area contributed by atoms with Gasteiger partial charge in [0.2, 0.25) is 0 Å². The second kappa shape index (κ2) is 6.58. The molecule has 0 aliphatic heterocycles. The molecule has 22 heavy (non-hydrogen) atoms. The van der Waals surface area contributed by atoms with Gasteiger partial charge in [0.25, 0.3) is 5.91 Å². The van der Waals surface area contributed by atoms with Crippen molar-refractivity contribution in [3.8, 4) is 0 Å². The van der Waals surface area contributed by atoms with E-state index in [1.807, 2.05) is 6.92 Å². The maximum atomic E-state index is 12.5. The standard InChI is InChI=1S/C17H20N2O3/c1-4-14-15(11(3)21)10(2)18-16(14)17(22)19-13-7-5-6-12(8-13)9-20/h5-8,18,20H,4,9H2,1-3H3,(H,19,22). The highest BCUT2D eigenvalue weighted by atomic mass is 16.3. The van der Waals surface area contributed by atoms with Crippen molar-refractivity contribution in [3.63, 3.8) is 0 Å². The van der Waals surface area contributed by atoms with Crippen LogP contribution in [0.2, 0.25) is 0 Å². The van der Waals surface area contributed by atoms with Crippen LogP contribution >= 0.6 is 0 Å². The number of aryl methyl sites for hydroxylation is 1. The van der Waals surface area contributed by atoms with Gasteiger partial charge < -0.3 is 15.4 Å². The number of hydrogen-bond acceptors (Lipinski definition) is 3. The SMILES string of the molecule is CCc1c(C(=O)Nc2cccc(CO)c2)[nH]c(C)c1C(C)=O. The first-order valence-corrected chi connectivity index (χ1v) is 7.21. The smallest absolute Gasteiger partial charge is 0.272 e. The Hall–Kier alpha value is -2.40. The molecule has 116 valence electrons. The monoisotopic (exact) mass is 300 g/mol. The fourth-order valence-electron chi connectivity index (χ4n) is 2.64. The highest BCUT2D eigenvalue weighted by Crippen LogP contribution is 2.21. The van der Waals surface area contributed by atoms with E-state index in [1.165, 1.54) is 6.92 Å². The molecule has 0 bridgehead atoms. The van der Waals surface area contributed by atoms with Crippen molar-refractivity contribution in [1.29, 1.82) is 0 Å². The maximum absolute atomic E-state index is 12.5. The van der Waals surface area contributed by atoms with Crippen LogP contribution in [-0.4, -0.2) is 21.8 Å². The summed E-state index contributed by atoms with van der Waals surface area (Å²) in [6.07, 6.45) is 0.596. The van der Waals surface area contributed by atoms with Gasteiger partial charge in [-0.15, -0.1) is 0 Å². The maximum Gasteiger partial charge on any atom is 0.272 e. The van der Waals surface area contributed by atoms with Gasteiger partial charge in [0.1, 0.15) is 5.69 Å². The van der Waals surface area contributed by atoms with Crippen molar-refractivity contribution >= 4 is 17.4 Å². The molecule has 1 amide bonds. The average Bonchev–Trinajstić information content (AvgIpc) is 2.84. The number of Topliss-reactive ketones (excluding diaryl/α,β-unsaturated/α-hetero) is 1. The van der Waals surface area contributed by atoms with E-state index in [-0.39, 0.29) is 18.3 Å². The third-order valence-electron chi connectivity index (χ3n) is 3.59. The number of aliphatic hydroxyl groups excluding tert-OH is 1. The van der Waals surface area contributed by atoms with E-state index >= 15 is 0 Å². The molecule has 0 aliphatic rings. The lowest BCUT2D eigenvalue weighted by molar-refractivity contribution is 0.101. The molecular weight excluding hydrogens is 280 g/mol. The number of aromatic amines is 1. The molecule has 1 aromatic carbocycles. The molecule has 3 N–H and O–H groups in total. The number of ketones is 1. The number of aromatic nitrogens is 1. The van der Waals surface area contributed by atoms with Crippen LogP contribution in [0, 0.1) is 6.92 Å². The third kappa shape index (κ3) is 3.09. The summed E-state index contributed by atoms with van der Waals surface area (Å²) in [5.74, 6) is -0.338. The molecule has 0 radical (unpaired) electrons. The van der Waals surface area contributed by atoms with Gasteiger partial charge in [-0.1, -0.05) is 19.1 Å². The Bertz CT molecular complexity index is 717. The molecule has 5 heteroatoms. The minimum absolute atomic E-state index is 0.0491. The highest BCUT2D eigenvalue weighted by Gasteiger charge is 2.21.